The van der Waals surface area contributed by atoms with Gasteiger partial charge in [-0.2, -0.15) is 5.10 Å². The van der Waals surface area contributed by atoms with Crippen molar-refractivity contribution in [3.05, 3.63) is 71.1 Å². The van der Waals surface area contributed by atoms with Crippen LogP contribution in [0.4, 0.5) is 4.39 Å². The maximum atomic E-state index is 13.4. The van der Waals surface area contributed by atoms with Crippen LogP contribution in [0, 0.1) is 5.82 Å². The summed E-state index contributed by atoms with van der Waals surface area (Å²) in [5, 5.41) is 5.20. The lowest BCUT2D eigenvalue weighted by molar-refractivity contribution is 0.0634. The number of piperazine rings is 1. The van der Waals surface area contributed by atoms with Gasteiger partial charge in [-0.25, -0.2) is 9.07 Å². The largest absolute Gasteiger partial charge is 0.335 e. The highest BCUT2D eigenvalue weighted by atomic mass is 35.5. The zero-order valence-corrected chi connectivity index (χ0v) is 16.9. The van der Waals surface area contributed by atoms with Gasteiger partial charge in [0.2, 0.25) is 0 Å². The minimum absolute atomic E-state index is 0.0871. The summed E-state index contributed by atoms with van der Waals surface area (Å²) in [6, 6.07) is 15.1. The molecular weight excluding hydrogens is 391 g/mol. The first-order chi connectivity index (χ1) is 14.1. The molecule has 0 radical (unpaired) electrons. The highest BCUT2D eigenvalue weighted by Gasteiger charge is 2.26. The SMILES string of the molecule is CCN1CCN(C(=O)c2cc(-c3ccccc3Cl)nn2-c2ccc(F)cc2)CC1. The zero-order valence-electron chi connectivity index (χ0n) is 16.2. The van der Waals surface area contributed by atoms with E-state index >= 15 is 0 Å². The third-order valence-corrected chi connectivity index (χ3v) is 5.59. The number of likely N-dealkylation sites (N-methyl/N-ethyl adjacent to an activating group) is 1. The van der Waals surface area contributed by atoms with Crippen LogP contribution < -0.4 is 0 Å². The molecule has 1 aromatic heterocycles. The molecule has 1 aliphatic rings. The molecule has 5 nitrogen and oxygen atoms in total. The summed E-state index contributed by atoms with van der Waals surface area (Å²) in [5.74, 6) is -0.424. The van der Waals surface area contributed by atoms with Gasteiger partial charge in [0.15, 0.2) is 0 Å². The lowest BCUT2D eigenvalue weighted by atomic mass is 10.1. The molecule has 150 valence electrons. The molecule has 1 fully saturated rings. The molecule has 7 heteroatoms. The van der Waals surface area contributed by atoms with E-state index in [2.05, 4.69) is 16.9 Å². The van der Waals surface area contributed by atoms with Gasteiger partial charge in [-0.15, -0.1) is 0 Å². The second kappa shape index (κ2) is 8.35. The monoisotopic (exact) mass is 412 g/mol. The number of aromatic nitrogens is 2. The molecule has 2 aromatic carbocycles. The van der Waals surface area contributed by atoms with E-state index in [9.17, 15) is 9.18 Å². The summed E-state index contributed by atoms with van der Waals surface area (Å²) < 4.78 is 15.0. The van der Waals surface area contributed by atoms with Crippen molar-refractivity contribution in [3.63, 3.8) is 0 Å². The second-order valence-corrected chi connectivity index (χ2v) is 7.42. The molecule has 2 heterocycles. The van der Waals surface area contributed by atoms with E-state index in [1.54, 1.807) is 28.9 Å². The first kappa shape index (κ1) is 19.6. The third kappa shape index (κ3) is 4.04. The van der Waals surface area contributed by atoms with Crippen molar-refractivity contribution in [1.82, 2.24) is 19.6 Å². The van der Waals surface area contributed by atoms with Gasteiger partial charge >= 0.3 is 0 Å². The normalized spacial score (nSPS) is 14.9. The van der Waals surface area contributed by atoms with Crippen LogP contribution in [0.1, 0.15) is 17.4 Å². The number of halogens is 2. The number of rotatable bonds is 4. The van der Waals surface area contributed by atoms with Crippen molar-refractivity contribution in [2.45, 2.75) is 6.92 Å². The molecule has 1 saturated heterocycles. The minimum Gasteiger partial charge on any atom is -0.335 e. The van der Waals surface area contributed by atoms with Crippen molar-refractivity contribution in [3.8, 4) is 16.9 Å². The van der Waals surface area contributed by atoms with E-state index in [1.807, 2.05) is 23.1 Å². The molecule has 4 rings (SSSR count). The van der Waals surface area contributed by atoms with Crippen LogP contribution >= 0.6 is 11.6 Å². The molecule has 3 aromatic rings. The lowest BCUT2D eigenvalue weighted by Gasteiger charge is -2.34. The Labute approximate surface area is 174 Å². The van der Waals surface area contributed by atoms with Crippen LogP contribution in [0.2, 0.25) is 5.02 Å². The molecule has 0 spiro atoms. The summed E-state index contributed by atoms with van der Waals surface area (Å²) in [4.78, 5) is 17.5. The molecule has 1 aliphatic heterocycles. The molecule has 0 unspecified atom stereocenters. The third-order valence-electron chi connectivity index (χ3n) is 5.26. The summed E-state index contributed by atoms with van der Waals surface area (Å²) in [5.41, 5.74) is 2.42. The van der Waals surface area contributed by atoms with Gasteiger partial charge in [0, 0.05) is 31.7 Å². The molecule has 0 saturated carbocycles. The predicted octanol–water partition coefficient (Wildman–Crippen LogP) is 4.11. The fraction of sp³-hybridized carbons (Fsp3) is 0.273. The smallest absolute Gasteiger partial charge is 0.272 e. The van der Waals surface area contributed by atoms with Crippen LogP contribution in [0.5, 0.6) is 0 Å². The van der Waals surface area contributed by atoms with Crippen LogP contribution in [0.3, 0.4) is 0 Å². The van der Waals surface area contributed by atoms with Crippen molar-refractivity contribution < 1.29 is 9.18 Å². The Morgan fingerprint density at radius 2 is 1.76 bits per heavy atom. The Morgan fingerprint density at radius 3 is 2.41 bits per heavy atom. The second-order valence-electron chi connectivity index (χ2n) is 7.01. The zero-order chi connectivity index (χ0) is 20.4. The number of nitrogens with zero attached hydrogens (tertiary/aromatic N) is 4. The Kier molecular flexibility index (Phi) is 5.65. The first-order valence-electron chi connectivity index (χ1n) is 9.69. The van der Waals surface area contributed by atoms with Gasteiger partial charge in [0.1, 0.15) is 11.5 Å². The van der Waals surface area contributed by atoms with Crippen LogP contribution in [0.25, 0.3) is 16.9 Å². The topological polar surface area (TPSA) is 41.4 Å². The van der Waals surface area contributed by atoms with Gasteiger partial charge in [-0.05, 0) is 42.9 Å². The Hall–Kier alpha value is -2.70. The Morgan fingerprint density at radius 1 is 1.07 bits per heavy atom. The van der Waals surface area contributed by atoms with Crippen molar-refractivity contribution in [2.24, 2.45) is 0 Å². The maximum Gasteiger partial charge on any atom is 0.272 e. The molecule has 0 bridgehead atoms. The molecule has 0 aliphatic carbocycles. The van der Waals surface area contributed by atoms with Crippen molar-refractivity contribution >= 4 is 17.5 Å². The van der Waals surface area contributed by atoms with Crippen LogP contribution in [0.15, 0.2) is 54.6 Å². The van der Waals surface area contributed by atoms with E-state index in [0.717, 1.165) is 25.2 Å². The van der Waals surface area contributed by atoms with Gasteiger partial charge < -0.3 is 9.80 Å². The molecular formula is C22H22ClFN4O. The minimum atomic E-state index is -0.337. The number of hydrogen-bond acceptors (Lipinski definition) is 3. The first-order valence-corrected chi connectivity index (χ1v) is 10.1. The van der Waals surface area contributed by atoms with Gasteiger partial charge in [0.05, 0.1) is 16.4 Å². The summed E-state index contributed by atoms with van der Waals surface area (Å²) in [6.07, 6.45) is 0. The van der Waals surface area contributed by atoms with Crippen molar-refractivity contribution in [1.29, 1.82) is 0 Å². The Balaban J connectivity index is 1.74. The van der Waals surface area contributed by atoms with E-state index in [-0.39, 0.29) is 11.7 Å². The summed E-state index contributed by atoms with van der Waals surface area (Å²) >= 11 is 6.35. The fourth-order valence-corrected chi connectivity index (χ4v) is 3.77. The van der Waals surface area contributed by atoms with Crippen LogP contribution in [-0.4, -0.2) is 58.2 Å². The van der Waals surface area contributed by atoms with Crippen molar-refractivity contribution in [2.75, 3.05) is 32.7 Å². The Bertz CT molecular complexity index is 1010. The molecule has 0 N–H and O–H groups in total. The van der Waals surface area contributed by atoms with Crippen LogP contribution in [-0.2, 0) is 0 Å². The molecule has 0 atom stereocenters. The van der Waals surface area contributed by atoms with Gasteiger partial charge in [-0.3, -0.25) is 4.79 Å². The average Bonchev–Trinajstić information content (AvgIpc) is 3.19. The number of benzene rings is 2. The highest BCUT2D eigenvalue weighted by molar-refractivity contribution is 6.33. The summed E-state index contributed by atoms with van der Waals surface area (Å²) in [6.45, 7) is 6.14. The quantitative estimate of drug-likeness (QED) is 0.647. The van der Waals surface area contributed by atoms with E-state index in [1.165, 1.54) is 12.1 Å². The maximum absolute atomic E-state index is 13.4. The highest BCUT2D eigenvalue weighted by Crippen LogP contribution is 2.29. The van der Waals surface area contributed by atoms with E-state index < -0.39 is 0 Å². The molecule has 1 amide bonds. The standard InChI is InChI=1S/C22H22ClFN4O/c1-2-26-11-13-27(14-12-26)22(29)21-15-20(18-5-3-4-6-19(18)23)25-28(21)17-9-7-16(24)8-10-17/h3-10,15H,2,11-14H2,1H3. The summed E-state index contributed by atoms with van der Waals surface area (Å²) in [7, 11) is 0. The van der Waals surface area contributed by atoms with Gasteiger partial charge in [-0.1, -0.05) is 36.7 Å². The number of carbonyl (C=O) groups is 1. The lowest BCUT2D eigenvalue weighted by Crippen LogP contribution is -2.48. The number of amides is 1. The van der Waals surface area contributed by atoms with E-state index in [0.29, 0.717) is 35.2 Å². The average molecular weight is 413 g/mol. The van der Waals surface area contributed by atoms with E-state index in [4.69, 9.17) is 11.6 Å². The fourth-order valence-electron chi connectivity index (χ4n) is 3.54. The number of carbonyl (C=O) groups excluding carboxylic acids is 1. The number of hydrogen-bond donors (Lipinski definition) is 0. The predicted molar refractivity (Wildman–Crippen MR) is 112 cm³/mol. The van der Waals surface area contributed by atoms with Gasteiger partial charge in [0.25, 0.3) is 5.91 Å². The molecule has 29 heavy (non-hydrogen) atoms.